The van der Waals surface area contributed by atoms with Crippen molar-refractivity contribution in [2.75, 3.05) is 0 Å². The van der Waals surface area contributed by atoms with Crippen LogP contribution in [-0.4, -0.2) is 59.4 Å². The van der Waals surface area contributed by atoms with Crippen LogP contribution >= 0.6 is 0 Å². The number of benzene rings is 4. The number of rotatable bonds is 18. The predicted molar refractivity (Wildman–Crippen MR) is 221 cm³/mol. The van der Waals surface area contributed by atoms with Crippen LogP contribution in [0.3, 0.4) is 0 Å². The molecular formula is C47H56N4O7. The van der Waals surface area contributed by atoms with Gasteiger partial charge in [0.05, 0.1) is 18.2 Å². The normalized spacial score (nSPS) is 16.9. The molecule has 2 aliphatic carbocycles. The van der Waals surface area contributed by atoms with E-state index in [1.165, 1.54) is 0 Å². The van der Waals surface area contributed by atoms with E-state index >= 15 is 0 Å². The third kappa shape index (κ3) is 12.7. The molecular weight excluding hydrogens is 733 g/mol. The van der Waals surface area contributed by atoms with Gasteiger partial charge in [0.2, 0.25) is 11.8 Å². The number of hydrogen-bond donors (Lipinski definition) is 5. The van der Waals surface area contributed by atoms with Crippen LogP contribution in [0.15, 0.2) is 121 Å². The maximum Gasteiger partial charge on any atom is 0.408 e. The largest absolute Gasteiger partial charge is 0.445 e. The molecule has 306 valence electrons. The average Bonchev–Trinajstić information content (AvgIpc) is 4.00. The minimum absolute atomic E-state index is 0.0589. The van der Waals surface area contributed by atoms with Gasteiger partial charge >= 0.3 is 12.2 Å². The Kier molecular flexibility index (Phi) is 15.7. The van der Waals surface area contributed by atoms with Gasteiger partial charge in [0.25, 0.3) is 0 Å². The number of nitrogens with one attached hydrogen (secondary N) is 4. The van der Waals surface area contributed by atoms with E-state index < -0.39 is 54.3 Å². The number of carbonyl (C=O) groups excluding carboxylic acids is 4. The van der Waals surface area contributed by atoms with Crippen LogP contribution in [0.25, 0.3) is 0 Å². The summed E-state index contributed by atoms with van der Waals surface area (Å²) in [6.45, 7) is 0.118. The molecule has 2 aliphatic rings. The molecule has 4 amide bonds. The van der Waals surface area contributed by atoms with E-state index in [1.807, 2.05) is 121 Å². The van der Waals surface area contributed by atoms with Gasteiger partial charge in [-0.15, -0.1) is 0 Å². The van der Waals surface area contributed by atoms with Gasteiger partial charge in [0, 0.05) is 0 Å². The summed E-state index contributed by atoms with van der Waals surface area (Å²) in [4.78, 5) is 55.0. The third-order valence-electron chi connectivity index (χ3n) is 11.4. The predicted octanol–water partition coefficient (Wildman–Crippen LogP) is 6.77. The lowest BCUT2D eigenvalue weighted by Crippen LogP contribution is -2.61. The smallest absolute Gasteiger partial charge is 0.408 e. The summed E-state index contributed by atoms with van der Waals surface area (Å²) in [5.74, 6) is -1.09. The summed E-state index contributed by atoms with van der Waals surface area (Å²) in [5, 5.41) is 24.3. The highest BCUT2D eigenvalue weighted by Gasteiger charge is 2.39. The fraction of sp³-hybridized carbons (Fsp3) is 0.404. The standard InChI is InChI=1S/C47H56N4O7/c52-43(39(29-33-17-5-1-6-18-33)48-44(53)41(37-25-13-14-26-37)50-46(55)57-31-35-21-9-3-10-22-35)40(30-34-19-7-2-8-20-34)49-45(54)42(38-27-15-16-28-38)51-47(56)58-32-36-23-11-4-12-24-36/h1-12,17-24,37-43,52H,13-16,25-32H2,(H,48,53)(H,49,54)(H,50,55)(H,51,56). The molecule has 58 heavy (non-hydrogen) atoms. The number of carbonyl (C=O) groups is 4. The van der Waals surface area contributed by atoms with Crippen molar-refractivity contribution in [1.29, 1.82) is 0 Å². The second-order valence-electron chi connectivity index (χ2n) is 15.6. The number of aliphatic hydroxyl groups excluding tert-OH is 1. The minimum atomic E-state index is -1.28. The van der Waals surface area contributed by atoms with Crippen molar-refractivity contribution in [2.45, 2.75) is 108 Å². The van der Waals surface area contributed by atoms with Crippen molar-refractivity contribution >= 4 is 24.0 Å². The SMILES string of the molecule is O=C(NC(C(=O)NC(Cc1ccccc1)C(O)C(Cc1ccccc1)NC(=O)C(NC(=O)OCc1ccccc1)C1CCCC1)C1CCCC1)OCc1ccccc1. The molecule has 6 rings (SSSR count). The van der Waals surface area contributed by atoms with Gasteiger partial charge in [-0.2, -0.15) is 0 Å². The maximum atomic E-state index is 14.4. The maximum absolute atomic E-state index is 14.4. The Hall–Kier alpha value is -5.68. The lowest BCUT2D eigenvalue weighted by Gasteiger charge is -2.34. The van der Waals surface area contributed by atoms with Crippen LogP contribution in [0.2, 0.25) is 0 Å². The van der Waals surface area contributed by atoms with Gasteiger partial charge in [-0.1, -0.05) is 147 Å². The zero-order valence-corrected chi connectivity index (χ0v) is 33.0. The first kappa shape index (κ1) is 41.9. The molecule has 4 aromatic carbocycles. The molecule has 5 N–H and O–H groups in total. The first-order valence-electron chi connectivity index (χ1n) is 20.6. The molecule has 11 nitrogen and oxygen atoms in total. The highest BCUT2D eigenvalue weighted by atomic mass is 16.6. The topological polar surface area (TPSA) is 155 Å². The molecule has 0 bridgehead atoms. The Morgan fingerprint density at radius 3 is 1.12 bits per heavy atom. The van der Waals surface area contributed by atoms with Crippen LogP contribution in [0, 0.1) is 11.8 Å². The molecule has 0 saturated heterocycles. The van der Waals surface area contributed by atoms with E-state index in [1.54, 1.807) is 0 Å². The minimum Gasteiger partial charge on any atom is -0.445 e. The second kappa shape index (κ2) is 21.7. The average molecular weight is 789 g/mol. The number of alkyl carbamates (subject to hydrolysis) is 2. The molecule has 0 spiro atoms. The molecule has 2 fully saturated rings. The summed E-state index contributed by atoms with van der Waals surface area (Å²) in [6, 6.07) is 34.2. The number of amides is 4. The number of aliphatic hydroxyl groups is 1. The van der Waals surface area contributed by atoms with Gasteiger partial charge in [0.1, 0.15) is 25.3 Å². The highest BCUT2D eigenvalue weighted by Crippen LogP contribution is 2.30. The second-order valence-corrected chi connectivity index (χ2v) is 15.6. The molecule has 0 aromatic heterocycles. The molecule has 0 heterocycles. The Morgan fingerprint density at radius 1 is 0.483 bits per heavy atom. The monoisotopic (exact) mass is 788 g/mol. The van der Waals surface area contributed by atoms with Crippen LogP contribution < -0.4 is 21.3 Å². The number of hydrogen-bond acceptors (Lipinski definition) is 7. The number of ether oxygens (including phenoxy) is 2. The quantitative estimate of drug-likeness (QED) is 0.0746. The fourth-order valence-electron chi connectivity index (χ4n) is 8.24. The van der Waals surface area contributed by atoms with Crippen LogP contribution in [0.5, 0.6) is 0 Å². The lowest BCUT2D eigenvalue weighted by atomic mass is 9.90. The molecule has 0 radical (unpaired) electrons. The summed E-state index contributed by atoms with van der Waals surface area (Å²) in [5.41, 5.74) is 3.39. The van der Waals surface area contributed by atoms with E-state index in [4.69, 9.17) is 9.47 Å². The summed E-state index contributed by atoms with van der Waals surface area (Å²) < 4.78 is 11.1. The fourth-order valence-corrected chi connectivity index (χ4v) is 8.24. The van der Waals surface area contributed by atoms with Crippen LogP contribution in [-0.2, 0) is 45.1 Å². The van der Waals surface area contributed by atoms with E-state index in [9.17, 15) is 24.3 Å². The molecule has 11 heteroatoms. The van der Waals surface area contributed by atoms with Gasteiger partial charge in [-0.05, 0) is 72.6 Å². The summed E-state index contributed by atoms with van der Waals surface area (Å²) in [7, 11) is 0. The highest BCUT2D eigenvalue weighted by molar-refractivity contribution is 5.87. The Bertz CT molecular complexity index is 1730. The van der Waals surface area contributed by atoms with Gasteiger partial charge in [-0.25, -0.2) is 9.59 Å². The van der Waals surface area contributed by atoms with Crippen molar-refractivity contribution < 1.29 is 33.8 Å². The molecule has 2 saturated carbocycles. The van der Waals surface area contributed by atoms with Crippen molar-refractivity contribution in [1.82, 2.24) is 21.3 Å². The van der Waals surface area contributed by atoms with E-state index in [0.29, 0.717) is 0 Å². The summed E-state index contributed by atoms with van der Waals surface area (Å²) >= 11 is 0. The molecule has 4 unspecified atom stereocenters. The van der Waals surface area contributed by atoms with Crippen LogP contribution in [0.4, 0.5) is 9.59 Å². The van der Waals surface area contributed by atoms with Crippen molar-refractivity contribution in [3.63, 3.8) is 0 Å². The Morgan fingerprint density at radius 2 is 0.793 bits per heavy atom. The van der Waals surface area contributed by atoms with Gasteiger partial charge < -0.3 is 35.8 Å². The van der Waals surface area contributed by atoms with Gasteiger partial charge in [-0.3, -0.25) is 9.59 Å². The van der Waals surface area contributed by atoms with Crippen molar-refractivity contribution in [2.24, 2.45) is 11.8 Å². The first-order chi connectivity index (χ1) is 28.3. The zero-order valence-electron chi connectivity index (χ0n) is 33.0. The van der Waals surface area contributed by atoms with E-state index in [2.05, 4.69) is 21.3 Å². The van der Waals surface area contributed by atoms with Crippen LogP contribution in [0.1, 0.15) is 73.6 Å². The first-order valence-corrected chi connectivity index (χ1v) is 20.6. The third-order valence-corrected chi connectivity index (χ3v) is 11.4. The Labute approximate surface area is 341 Å². The van der Waals surface area contributed by atoms with Crippen molar-refractivity contribution in [3.8, 4) is 0 Å². The summed E-state index contributed by atoms with van der Waals surface area (Å²) in [6.07, 6.45) is 4.63. The molecule has 0 aliphatic heterocycles. The molecule has 4 aromatic rings. The van der Waals surface area contributed by atoms with Gasteiger partial charge in [0.15, 0.2) is 0 Å². The molecule has 4 atom stereocenters. The van der Waals surface area contributed by atoms with E-state index in [0.717, 1.165) is 73.6 Å². The lowest BCUT2D eigenvalue weighted by molar-refractivity contribution is -0.127. The van der Waals surface area contributed by atoms with E-state index in [-0.39, 0.29) is 37.9 Å². The Balaban J connectivity index is 1.22. The van der Waals surface area contributed by atoms with Crippen molar-refractivity contribution in [3.05, 3.63) is 144 Å². The zero-order chi connectivity index (χ0) is 40.5.